The van der Waals surface area contributed by atoms with Crippen LogP contribution in [0.5, 0.6) is 0 Å². The maximum atomic E-state index is 6.17. The van der Waals surface area contributed by atoms with Gasteiger partial charge in [-0.3, -0.25) is 0 Å². The van der Waals surface area contributed by atoms with Crippen LogP contribution in [0.15, 0.2) is 24.3 Å². The van der Waals surface area contributed by atoms with Gasteiger partial charge in [-0.2, -0.15) is 0 Å². The Bertz CT molecular complexity index is 373. The zero-order valence-electron chi connectivity index (χ0n) is 10.8. The number of nitrogens with one attached hydrogen (secondary N) is 1. The summed E-state index contributed by atoms with van der Waals surface area (Å²) in [6.45, 7) is 5.63. The molecule has 1 atom stereocenters. The molecule has 94 valence electrons. The third-order valence-electron chi connectivity index (χ3n) is 4.00. The van der Waals surface area contributed by atoms with Gasteiger partial charge in [0.15, 0.2) is 0 Å². The Hall–Kier alpha value is -0.530. The van der Waals surface area contributed by atoms with Crippen molar-refractivity contribution in [2.24, 2.45) is 5.41 Å². The molecule has 0 bridgehead atoms. The van der Waals surface area contributed by atoms with Gasteiger partial charge in [0.1, 0.15) is 0 Å². The summed E-state index contributed by atoms with van der Waals surface area (Å²) < 4.78 is 0. The normalized spacial score (nSPS) is 23.6. The molecule has 1 aromatic carbocycles. The first-order valence-electron chi connectivity index (χ1n) is 6.56. The molecule has 0 saturated heterocycles. The van der Waals surface area contributed by atoms with Crippen LogP contribution in [0, 0.1) is 5.41 Å². The van der Waals surface area contributed by atoms with Gasteiger partial charge in [0.25, 0.3) is 0 Å². The smallest absolute Gasteiger partial charge is 0.0450 e. The van der Waals surface area contributed by atoms with Crippen LogP contribution in [0.4, 0.5) is 0 Å². The third kappa shape index (κ3) is 3.23. The summed E-state index contributed by atoms with van der Waals surface area (Å²) in [4.78, 5) is 0. The molecule has 1 nitrogen and oxygen atoms in total. The van der Waals surface area contributed by atoms with Crippen LogP contribution in [0.25, 0.3) is 0 Å². The van der Waals surface area contributed by atoms with Gasteiger partial charge >= 0.3 is 0 Å². The lowest BCUT2D eigenvalue weighted by atomic mass is 9.73. The molecule has 1 aromatic rings. The van der Waals surface area contributed by atoms with Crippen LogP contribution in [0.3, 0.4) is 0 Å². The van der Waals surface area contributed by atoms with Crippen molar-refractivity contribution in [2.45, 2.75) is 52.1 Å². The highest BCUT2D eigenvalue weighted by molar-refractivity contribution is 6.31. The minimum Gasteiger partial charge on any atom is -0.309 e. The van der Waals surface area contributed by atoms with Crippen molar-refractivity contribution < 1.29 is 0 Å². The monoisotopic (exact) mass is 251 g/mol. The van der Waals surface area contributed by atoms with Crippen LogP contribution in [0.1, 0.15) is 45.1 Å². The Morgan fingerprint density at radius 3 is 2.76 bits per heavy atom. The molecule has 0 aromatic heterocycles. The predicted octanol–water partition coefficient (Wildman–Crippen LogP) is 4.40. The minimum absolute atomic E-state index is 0.416. The largest absolute Gasteiger partial charge is 0.309 e. The molecule has 2 rings (SSSR count). The quantitative estimate of drug-likeness (QED) is 0.840. The van der Waals surface area contributed by atoms with E-state index in [2.05, 4.69) is 31.3 Å². The Morgan fingerprint density at radius 2 is 2.06 bits per heavy atom. The van der Waals surface area contributed by atoms with Crippen LogP contribution < -0.4 is 5.32 Å². The highest BCUT2D eigenvalue weighted by atomic mass is 35.5. The summed E-state index contributed by atoms with van der Waals surface area (Å²) in [6, 6.07) is 8.72. The lowest BCUT2D eigenvalue weighted by Gasteiger charge is -2.39. The molecule has 0 radical (unpaired) electrons. The van der Waals surface area contributed by atoms with Gasteiger partial charge in [-0.05, 0) is 29.9 Å². The highest BCUT2D eigenvalue weighted by Crippen LogP contribution is 2.35. The van der Waals surface area contributed by atoms with Gasteiger partial charge in [-0.15, -0.1) is 0 Å². The molecule has 0 spiro atoms. The molecule has 1 N–H and O–H groups in total. The van der Waals surface area contributed by atoms with E-state index >= 15 is 0 Å². The summed E-state index contributed by atoms with van der Waals surface area (Å²) in [5.74, 6) is 0. The van der Waals surface area contributed by atoms with Gasteiger partial charge in [-0.25, -0.2) is 0 Å². The summed E-state index contributed by atoms with van der Waals surface area (Å²) in [6.07, 6.45) is 5.34. The zero-order valence-corrected chi connectivity index (χ0v) is 11.6. The van der Waals surface area contributed by atoms with Crippen molar-refractivity contribution in [1.82, 2.24) is 5.32 Å². The van der Waals surface area contributed by atoms with E-state index in [-0.39, 0.29) is 0 Å². The average molecular weight is 252 g/mol. The Balaban J connectivity index is 1.96. The molecule has 1 saturated carbocycles. The van der Waals surface area contributed by atoms with Gasteiger partial charge in [0, 0.05) is 17.6 Å². The fourth-order valence-electron chi connectivity index (χ4n) is 2.75. The van der Waals surface area contributed by atoms with Crippen LogP contribution in [-0.2, 0) is 6.54 Å². The molecular weight excluding hydrogens is 230 g/mol. The van der Waals surface area contributed by atoms with E-state index in [4.69, 9.17) is 11.6 Å². The second kappa shape index (κ2) is 5.41. The van der Waals surface area contributed by atoms with E-state index < -0.39 is 0 Å². The minimum atomic E-state index is 0.416. The molecule has 0 heterocycles. The maximum absolute atomic E-state index is 6.17. The Morgan fingerprint density at radius 1 is 1.29 bits per heavy atom. The van der Waals surface area contributed by atoms with Gasteiger partial charge in [0.2, 0.25) is 0 Å². The van der Waals surface area contributed by atoms with E-state index in [1.807, 2.05) is 12.1 Å². The lowest BCUT2D eigenvalue weighted by Crippen LogP contribution is -2.43. The summed E-state index contributed by atoms with van der Waals surface area (Å²) in [7, 11) is 0. The van der Waals surface area contributed by atoms with Crippen LogP contribution in [-0.4, -0.2) is 6.04 Å². The molecule has 1 fully saturated rings. The number of hydrogen-bond donors (Lipinski definition) is 1. The first kappa shape index (κ1) is 12.9. The molecule has 1 aliphatic carbocycles. The van der Waals surface area contributed by atoms with Crippen molar-refractivity contribution in [3.8, 4) is 0 Å². The summed E-state index contributed by atoms with van der Waals surface area (Å²) >= 11 is 6.17. The highest BCUT2D eigenvalue weighted by Gasteiger charge is 2.31. The number of rotatable bonds is 3. The summed E-state index contributed by atoms with van der Waals surface area (Å²) in [5.41, 5.74) is 1.62. The predicted molar refractivity (Wildman–Crippen MR) is 74.3 cm³/mol. The number of benzene rings is 1. The molecule has 0 amide bonds. The van der Waals surface area contributed by atoms with Gasteiger partial charge in [0.05, 0.1) is 0 Å². The maximum Gasteiger partial charge on any atom is 0.0450 e. The standard InChI is InChI=1S/C15H22ClN/c1-15(2)10-6-5-9-14(15)17-11-12-7-3-4-8-13(12)16/h3-4,7-8,14,17H,5-6,9-11H2,1-2H3. The zero-order chi connectivity index (χ0) is 12.3. The first-order valence-corrected chi connectivity index (χ1v) is 6.94. The molecule has 1 unspecified atom stereocenters. The fourth-order valence-corrected chi connectivity index (χ4v) is 2.95. The van der Waals surface area contributed by atoms with Gasteiger partial charge in [-0.1, -0.05) is 56.5 Å². The molecule has 17 heavy (non-hydrogen) atoms. The lowest BCUT2D eigenvalue weighted by molar-refractivity contribution is 0.167. The van der Waals surface area contributed by atoms with Crippen molar-refractivity contribution >= 4 is 11.6 Å². The number of halogens is 1. The second-order valence-corrected chi connectivity index (χ2v) is 6.17. The third-order valence-corrected chi connectivity index (χ3v) is 4.37. The van der Waals surface area contributed by atoms with E-state index in [0.717, 1.165) is 11.6 Å². The Labute approximate surface area is 110 Å². The molecule has 1 aliphatic rings. The second-order valence-electron chi connectivity index (χ2n) is 5.76. The summed E-state index contributed by atoms with van der Waals surface area (Å²) in [5, 5.41) is 4.55. The van der Waals surface area contributed by atoms with Crippen molar-refractivity contribution in [1.29, 1.82) is 0 Å². The topological polar surface area (TPSA) is 12.0 Å². The van der Waals surface area contributed by atoms with Gasteiger partial charge < -0.3 is 5.32 Å². The molecule has 2 heteroatoms. The van der Waals surface area contributed by atoms with E-state index in [9.17, 15) is 0 Å². The molecular formula is C15H22ClN. The fraction of sp³-hybridized carbons (Fsp3) is 0.600. The first-order chi connectivity index (χ1) is 8.09. The number of hydrogen-bond acceptors (Lipinski definition) is 1. The van der Waals surface area contributed by atoms with Crippen LogP contribution in [0.2, 0.25) is 5.02 Å². The van der Waals surface area contributed by atoms with Crippen molar-refractivity contribution in [3.63, 3.8) is 0 Å². The van der Waals surface area contributed by atoms with E-state index in [1.54, 1.807) is 0 Å². The average Bonchev–Trinajstić information content (AvgIpc) is 2.29. The SMILES string of the molecule is CC1(C)CCCCC1NCc1ccccc1Cl. The van der Waals surface area contributed by atoms with Crippen molar-refractivity contribution in [2.75, 3.05) is 0 Å². The van der Waals surface area contributed by atoms with E-state index in [1.165, 1.54) is 31.2 Å². The Kier molecular flexibility index (Phi) is 4.11. The van der Waals surface area contributed by atoms with E-state index in [0.29, 0.717) is 11.5 Å². The van der Waals surface area contributed by atoms with Crippen molar-refractivity contribution in [3.05, 3.63) is 34.9 Å². The molecule has 0 aliphatic heterocycles. The van der Waals surface area contributed by atoms with Crippen LogP contribution >= 0.6 is 11.6 Å².